The maximum Gasteiger partial charge on any atom is 0.408 e. The molecule has 0 unspecified atom stereocenters. The van der Waals surface area contributed by atoms with Gasteiger partial charge in [0.1, 0.15) is 11.8 Å². The second-order valence-corrected chi connectivity index (χ2v) is 14.6. The van der Waals surface area contributed by atoms with Crippen molar-refractivity contribution in [3.8, 4) is 5.75 Å². The first kappa shape index (κ1) is 30.7. The zero-order valence-electron chi connectivity index (χ0n) is 24.9. The number of hydrogen-bond acceptors (Lipinski definition) is 7. The number of hydrogen-bond donors (Lipinski definition) is 2. The number of ether oxygens (including phenoxy) is 2. The molecule has 0 radical (unpaired) electrons. The molecule has 5 atom stereocenters. The molecule has 2 aliphatic carbocycles. The van der Waals surface area contributed by atoms with Gasteiger partial charge in [-0.25, -0.2) is 17.9 Å². The quantitative estimate of drug-likeness (QED) is 0.432. The number of anilines is 1. The molecule has 6 rings (SSSR count). The number of carbonyl (C=O) groups is 2. The van der Waals surface area contributed by atoms with Gasteiger partial charge >= 0.3 is 6.09 Å². The largest absolute Gasteiger partial charge is 0.490 e. The van der Waals surface area contributed by atoms with Crippen molar-refractivity contribution in [3.05, 3.63) is 64.7 Å². The number of halogens is 1. The SMILES string of the molecule is CO[C@@H]1/C=C\CN(C(=O)O)[C@@H](C)C(=O)NS(=O)(=O)c2ccc3c(c2)N(C[C@@H]2CC[C@H]21)C[C@@]1(CCCc2cc(Cl)ccc21)CO3. The van der Waals surface area contributed by atoms with Gasteiger partial charge in [0.15, 0.2) is 0 Å². The molecule has 4 aliphatic rings. The van der Waals surface area contributed by atoms with E-state index in [0.717, 1.165) is 37.0 Å². The Morgan fingerprint density at radius 3 is 2.75 bits per heavy atom. The number of amides is 2. The first-order valence-corrected chi connectivity index (χ1v) is 16.9. The van der Waals surface area contributed by atoms with Crippen LogP contribution in [0.2, 0.25) is 5.02 Å². The Bertz CT molecular complexity index is 1600. The standard InChI is InChI=1S/C32H38ClN3O7S/c1-20-30(37)34-44(40,41)24-9-12-29-27(16-24)35(17-22-7-10-25(22)28(42-2)6-4-14-36(20)31(38)39)18-32(19-43-29)13-3-5-21-15-23(33)8-11-26(21)32/h4,6,8-9,11-12,15-16,20,22,25,28H,3,5,7,10,13-14,17-19H2,1-2H3,(H,34,37)(H,38,39)/b6-4-/t20-,22-,25+,28+,32-/m0/s1. The van der Waals surface area contributed by atoms with E-state index in [4.69, 9.17) is 21.1 Å². The van der Waals surface area contributed by atoms with Gasteiger partial charge in [-0.15, -0.1) is 0 Å². The first-order chi connectivity index (χ1) is 21.0. The molecule has 236 valence electrons. The molecule has 0 saturated heterocycles. The predicted molar refractivity (Wildman–Crippen MR) is 166 cm³/mol. The summed E-state index contributed by atoms with van der Waals surface area (Å²) in [6.07, 6.45) is 6.76. The zero-order valence-corrected chi connectivity index (χ0v) is 26.4. The van der Waals surface area contributed by atoms with Gasteiger partial charge in [-0.2, -0.15) is 0 Å². The second-order valence-electron chi connectivity index (χ2n) is 12.4. The van der Waals surface area contributed by atoms with E-state index >= 15 is 0 Å². The third-order valence-corrected chi connectivity index (χ3v) is 11.5. The smallest absolute Gasteiger partial charge is 0.408 e. The topological polar surface area (TPSA) is 125 Å². The molecular formula is C32H38ClN3O7S. The number of nitrogens with one attached hydrogen (secondary N) is 1. The predicted octanol–water partition coefficient (Wildman–Crippen LogP) is 4.60. The van der Waals surface area contributed by atoms with E-state index < -0.39 is 28.1 Å². The molecule has 1 fully saturated rings. The molecular weight excluding hydrogens is 606 g/mol. The van der Waals surface area contributed by atoms with Gasteiger partial charge in [0.25, 0.3) is 15.9 Å². The molecule has 2 aromatic rings. The molecule has 2 bridgehead atoms. The fourth-order valence-electron chi connectivity index (χ4n) is 7.32. The molecule has 12 heteroatoms. The van der Waals surface area contributed by atoms with Crippen LogP contribution >= 0.6 is 11.6 Å². The fraction of sp³-hybridized carbons (Fsp3) is 0.500. The van der Waals surface area contributed by atoms with Gasteiger partial charge in [0.2, 0.25) is 0 Å². The fourth-order valence-corrected chi connectivity index (χ4v) is 8.58. The van der Waals surface area contributed by atoms with Crippen molar-refractivity contribution in [1.82, 2.24) is 9.62 Å². The van der Waals surface area contributed by atoms with Crippen molar-refractivity contribution in [1.29, 1.82) is 0 Å². The summed E-state index contributed by atoms with van der Waals surface area (Å²) in [4.78, 5) is 28.1. The summed E-state index contributed by atoms with van der Waals surface area (Å²) in [7, 11) is -2.67. The Morgan fingerprint density at radius 1 is 1.20 bits per heavy atom. The molecule has 2 amide bonds. The zero-order chi connectivity index (χ0) is 31.2. The Labute approximate surface area is 263 Å². The van der Waals surface area contributed by atoms with Crippen molar-refractivity contribution in [3.63, 3.8) is 0 Å². The van der Waals surface area contributed by atoms with Crippen LogP contribution in [0.3, 0.4) is 0 Å². The Kier molecular flexibility index (Phi) is 8.32. The summed E-state index contributed by atoms with van der Waals surface area (Å²) in [6.45, 7) is 3.01. The minimum atomic E-state index is -4.32. The number of rotatable bonds is 1. The van der Waals surface area contributed by atoms with Crippen LogP contribution in [0, 0.1) is 11.8 Å². The minimum absolute atomic E-state index is 0.0878. The van der Waals surface area contributed by atoms with Gasteiger partial charge in [-0.05, 0) is 92.3 Å². The van der Waals surface area contributed by atoms with Crippen LogP contribution in [0.25, 0.3) is 0 Å². The number of aryl methyl sites for hydroxylation is 1. The highest BCUT2D eigenvalue weighted by atomic mass is 35.5. The third-order valence-electron chi connectivity index (χ3n) is 9.90. The molecule has 10 nitrogen and oxygen atoms in total. The van der Waals surface area contributed by atoms with Gasteiger partial charge in [-0.3, -0.25) is 9.69 Å². The lowest BCUT2D eigenvalue weighted by atomic mass is 9.68. The molecule has 44 heavy (non-hydrogen) atoms. The number of carboxylic acid groups (broad SMARTS) is 1. The Hall–Kier alpha value is -3.28. The van der Waals surface area contributed by atoms with Gasteiger partial charge in [0, 0.05) is 37.2 Å². The number of carbonyl (C=O) groups excluding carboxylic acids is 1. The van der Waals surface area contributed by atoms with Crippen molar-refractivity contribution in [2.24, 2.45) is 11.8 Å². The maximum atomic E-state index is 13.5. The van der Waals surface area contributed by atoms with E-state index in [9.17, 15) is 23.1 Å². The average molecular weight is 644 g/mol. The van der Waals surface area contributed by atoms with E-state index in [-0.39, 0.29) is 34.8 Å². The lowest BCUT2D eigenvalue weighted by Crippen LogP contribution is -2.50. The highest BCUT2D eigenvalue weighted by Gasteiger charge is 2.44. The van der Waals surface area contributed by atoms with E-state index in [1.165, 1.54) is 24.1 Å². The first-order valence-electron chi connectivity index (χ1n) is 15.1. The highest BCUT2D eigenvalue weighted by Crippen LogP contribution is 2.47. The average Bonchev–Trinajstić information content (AvgIpc) is 3.12. The summed E-state index contributed by atoms with van der Waals surface area (Å²) in [6, 6.07) is 9.48. The number of methoxy groups -OCH3 is 1. The van der Waals surface area contributed by atoms with E-state index in [1.54, 1.807) is 25.3 Å². The van der Waals surface area contributed by atoms with Gasteiger partial charge in [-0.1, -0.05) is 29.8 Å². The molecule has 2 heterocycles. The van der Waals surface area contributed by atoms with Crippen LogP contribution in [0.4, 0.5) is 10.5 Å². The summed E-state index contributed by atoms with van der Waals surface area (Å²) < 4.78 is 41.5. The van der Waals surface area contributed by atoms with Gasteiger partial charge in [0.05, 0.1) is 23.3 Å². The van der Waals surface area contributed by atoms with Crippen molar-refractivity contribution < 1.29 is 32.6 Å². The Morgan fingerprint density at radius 2 is 2.02 bits per heavy atom. The number of fused-ring (bicyclic) bond motifs is 4. The highest BCUT2D eigenvalue weighted by molar-refractivity contribution is 7.90. The van der Waals surface area contributed by atoms with Crippen molar-refractivity contribution >= 4 is 39.3 Å². The van der Waals surface area contributed by atoms with Crippen LogP contribution in [-0.4, -0.2) is 75.9 Å². The third kappa shape index (κ3) is 5.65. The number of nitrogens with zero attached hydrogens (tertiary/aromatic N) is 2. The van der Waals surface area contributed by atoms with E-state index in [0.29, 0.717) is 36.2 Å². The summed E-state index contributed by atoms with van der Waals surface area (Å²) in [5.74, 6) is 0.0906. The van der Waals surface area contributed by atoms with Crippen LogP contribution in [0.5, 0.6) is 5.75 Å². The number of sulfonamides is 1. The van der Waals surface area contributed by atoms with Crippen molar-refractivity contribution in [2.45, 2.75) is 61.5 Å². The minimum Gasteiger partial charge on any atom is -0.490 e. The van der Waals surface area contributed by atoms with E-state index in [1.807, 2.05) is 18.2 Å². The summed E-state index contributed by atoms with van der Waals surface area (Å²) in [5, 5.41) is 10.5. The normalized spacial score (nSPS) is 30.6. The molecule has 2 aliphatic heterocycles. The van der Waals surface area contributed by atoms with Crippen molar-refractivity contribution in [2.75, 3.05) is 38.3 Å². The van der Waals surface area contributed by atoms with E-state index in [2.05, 4.69) is 15.7 Å². The Balaban J connectivity index is 1.44. The summed E-state index contributed by atoms with van der Waals surface area (Å²) in [5.41, 5.74) is 2.77. The number of benzene rings is 2. The lowest BCUT2D eigenvalue weighted by Gasteiger charge is -2.46. The molecule has 1 saturated carbocycles. The maximum absolute atomic E-state index is 13.5. The second kappa shape index (κ2) is 11.9. The van der Waals surface area contributed by atoms with Crippen LogP contribution in [0.15, 0.2) is 53.4 Å². The molecule has 2 aromatic carbocycles. The van der Waals surface area contributed by atoms with Crippen LogP contribution in [-0.2, 0) is 31.4 Å². The van der Waals surface area contributed by atoms with Crippen LogP contribution in [0.1, 0.15) is 43.7 Å². The van der Waals surface area contributed by atoms with Gasteiger partial charge < -0.3 is 19.5 Å². The monoisotopic (exact) mass is 643 g/mol. The molecule has 1 spiro atoms. The lowest BCUT2D eigenvalue weighted by molar-refractivity contribution is -0.123. The van der Waals surface area contributed by atoms with Crippen LogP contribution < -0.4 is 14.4 Å². The molecule has 2 N–H and O–H groups in total. The summed E-state index contributed by atoms with van der Waals surface area (Å²) >= 11 is 6.38. The molecule has 0 aromatic heterocycles.